The number of aryl methyl sites for hydroxylation is 1. The molecule has 0 radical (unpaired) electrons. The van der Waals surface area contributed by atoms with Crippen LogP contribution in [0.5, 0.6) is 11.5 Å². The highest BCUT2D eigenvalue weighted by atomic mass is 16.5. The second-order valence-electron chi connectivity index (χ2n) is 8.25. The number of aliphatic carboxylic acids is 1. The number of aromatic nitrogens is 2. The Morgan fingerprint density at radius 2 is 1.94 bits per heavy atom. The van der Waals surface area contributed by atoms with Crippen molar-refractivity contribution in [2.75, 3.05) is 40.4 Å². The summed E-state index contributed by atoms with van der Waals surface area (Å²) >= 11 is 0. The van der Waals surface area contributed by atoms with Crippen LogP contribution >= 0.6 is 0 Å². The summed E-state index contributed by atoms with van der Waals surface area (Å²) in [7, 11) is 3.30. The summed E-state index contributed by atoms with van der Waals surface area (Å²) in [6, 6.07) is 4.97. The minimum atomic E-state index is -0.844. The van der Waals surface area contributed by atoms with Crippen molar-refractivity contribution in [2.45, 2.75) is 26.4 Å². The number of carbonyl (C=O) groups is 1. The fourth-order valence-electron chi connectivity index (χ4n) is 4.58. The van der Waals surface area contributed by atoms with Crippen molar-refractivity contribution in [3.63, 3.8) is 0 Å². The lowest BCUT2D eigenvalue weighted by Gasteiger charge is -2.37. The monoisotopic (exact) mass is 438 g/mol. The number of methoxy groups -OCH3 is 2. The summed E-state index contributed by atoms with van der Waals surface area (Å²) in [5.74, 6) is 0.751. The first kappa shape index (κ1) is 22.1. The summed E-state index contributed by atoms with van der Waals surface area (Å²) in [6.07, 6.45) is 3.66. The van der Waals surface area contributed by atoms with E-state index < -0.39 is 12.0 Å². The summed E-state index contributed by atoms with van der Waals surface area (Å²) in [5, 5.41) is 11.0. The van der Waals surface area contributed by atoms with Crippen molar-refractivity contribution in [3.05, 3.63) is 53.0 Å². The Hall–Kier alpha value is -3.10. The third kappa shape index (κ3) is 4.16. The topological polar surface area (TPSA) is 90.9 Å². The Balaban J connectivity index is 1.50. The number of piperazine rings is 1. The number of ether oxygens (including phenoxy) is 2. The number of hydrogen-bond acceptors (Lipinski definition) is 6. The van der Waals surface area contributed by atoms with Crippen LogP contribution in [0.1, 0.15) is 28.4 Å². The summed E-state index contributed by atoms with van der Waals surface area (Å²) in [5.41, 5.74) is 4.75. The van der Waals surface area contributed by atoms with Crippen LogP contribution in [0.15, 0.2) is 30.6 Å². The summed E-state index contributed by atoms with van der Waals surface area (Å²) in [6.45, 7) is 7.62. The molecule has 2 aromatic heterocycles. The Morgan fingerprint density at radius 1 is 1.19 bits per heavy atom. The molecule has 32 heavy (non-hydrogen) atoms. The normalized spacial score (nSPS) is 16.2. The predicted molar refractivity (Wildman–Crippen MR) is 122 cm³/mol. The van der Waals surface area contributed by atoms with Gasteiger partial charge in [0.2, 0.25) is 0 Å². The SMILES string of the molecule is COc1ccc2[nH]cc(C(C(=O)O)N3CCN(Cc4ncc(C)c(OC)c4C)CC3)c2c1. The molecule has 0 aliphatic carbocycles. The smallest absolute Gasteiger partial charge is 0.325 e. The Labute approximate surface area is 187 Å². The van der Waals surface area contributed by atoms with E-state index in [0.717, 1.165) is 58.7 Å². The van der Waals surface area contributed by atoms with E-state index in [0.29, 0.717) is 18.8 Å². The highest BCUT2D eigenvalue weighted by Gasteiger charge is 2.32. The Bertz CT molecular complexity index is 1120. The lowest BCUT2D eigenvalue weighted by molar-refractivity contribution is -0.144. The number of benzene rings is 1. The summed E-state index contributed by atoms with van der Waals surface area (Å²) < 4.78 is 10.9. The van der Waals surface area contributed by atoms with Gasteiger partial charge in [-0.25, -0.2) is 0 Å². The van der Waals surface area contributed by atoms with E-state index >= 15 is 0 Å². The maximum absolute atomic E-state index is 12.3. The molecular weight excluding hydrogens is 408 g/mol. The van der Waals surface area contributed by atoms with E-state index in [4.69, 9.17) is 9.47 Å². The van der Waals surface area contributed by atoms with Gasteiger partial charge in [0.15, 0.2) is 0 Å². The molecule has 3 aromatic rings. The molecule has 0 bridgehead atoms. The van der Waals surface area contributed by atoms with Gasteiger partial charge in [-0.05, 0) is 32.0 Å². The van der Waals surface area contributed by atoms with Crippen molar-refractivity contribution >= 4 is 16.9 Å². The molecule has 1 aliphatic rings. The van der Waals surface area contributed by atoms with Gasteiger partial charge >= 0.3 is 5.97 Å². The second kappa shape index (κ2) is 9.18. The van der Waals surface area contributed by atoms with Crippen LogP contribution in [0.2, 0.25) is 0 Å². The van der Waals surface area contributed by atoms with Crippen molar-refractivity contribution in [1.29, 1.82) is 0 Å². The highest BCUT2D eigenvalue weighted by Crippen LogP contribution is 2.32. The lowest BCUT2D eigenvalue weighted by atomic mass is 10.0. The molecule has 3 heterocycles. The molecule has 2 N–H and O–H groups in total. The molecule has 4 rings (SSSR count). The van der Waals surface area contributed by atoms with Crippen LogP contribution in [-0.4, -0.2) is 71.2 Å². The third-order valence-corrected chi connectivity index (χ3v) is 6.34. The molecule has 0 saturated carbocycles. The first-order valence-corrected chi connectivity index (χ1v) is 10.8. The summed E-state index contributed by atoms with van der Waals surface area (Å²) in [4.78, 5) is 24.5. The van der Waals surface area contributed by atoms with Gasteiger partial charge < -0.3 is 19.6 Å². The van der Waals surface area contributed by atoms with E-state index in [-0.39, 0.29) is 0 Å². The number of pyridine rings is 1. The molecule has 170 valence electrons. The predicted octanol–water partition coefficient (Wildman–Crippen LogP) is 3.14. The second-order valence-corrected chi connectivity index (χ2v) is 8.25. The van der Waals surface area contributed by atoms with Gasteiger partial charge in [0.05, 0.1) is 19.9 Å². The van der Waals surface area contributed by atoms with Gasteiger partial charge in [-0.2, -0.15) is 0 Å². The average Bonchev–Trinajstić information content (AvgIpc) is 3.20. The van der Waals surface area contributed by atoms with Crippen LogP contribution in [0.25, 0.3) is 10.9 Å². The fourth-order valence-corrected chi connectivity index (χ4v) is 4.58. The number of nitrogens with zero attached hydrogens (tertiary/aromatic N) is 3. The molecule has 1 aliphatic heterocycles. The first-order chi connectivity index (χ1) is 15.4. The van der Waals surface area contributed by atoms with Crippen molar-refractivity contribution in [3.8, 4) is 11.5 Å². The van der Waals surface area contributed by atoms with Gasteiger partial charge in [-0.15, -0.1) is 0 Å². The molecule has 1 fully saturated rings. The van der Waals surface area contributed by atoms with E-state index in [1.807, 2.05) is 43.1 Å². The molecule has 1 saturated heterocycles. The number of hydrogen-bond donors (Lipinski definition) is 2. The van der Waals surface area contributed by atoms with Crippen molar-refractivity contribution in [1.82, 2.24) is 19.8 Å². The number of carboxylic acids is 1. The van der Waals surface area contributed by atoms with E-state index in [9.17, 15) is 9.90 Å². The number of H-pyrrole nitrogens is 1. The van der Waals surface area contributed by atoms with Crippen molar-refractivity contribution in [2.24, 2.45) is 0 Å². The maximum atomic E-state index is 12.3. The van der Waals surface area contributed by atoms with E-state index in [1.165, 1.54) is 0 Å². The molecule has 8 heteroatoms. The van der Waals surface area contributed by atoms with E-state index in [2.05, 4.69) is 14.9 Å². The number of rotatable bonds is 7. The standard InChI is InChI=1S/C24H30N4O4/c1-15-12-25-21(16(2)23(15)32-4)14-27-7-9-28(10-8-27)22(24(29)30)19-13-26-20-6-5-17(31-3)11-18(19)20/h5-6,11-13,22,26H,7-10,14H2,1-4H3,(H,29,30). The molecule has 1 aromatic carbocycles. The quantitative estimate of drug-likeness (QED) is 0.586. The van der Waals surface area contributed by atoms with Gasteiger partial charge in [-0.1, -0.05) is 0 Å². The van der Waals surface area contributed by atoms with Crippen LogP contribution in [-0.2, 0) is 11.3 Å². The van der Waals surface area contributed by atoms with Crippen LogP contribution in [0, 0.1) is 13.8 Å². The molecule has 0 spiro atoms. The molecular formula is C24H30N4O4. The zero-order chi connectivity index (χ0) is 22.8. The molecule has 1 unspecified atom stereocenters. The van der Waals surface area contributed by atoms with Gasteiger partial charge in [0, 0.05) is 72.7 Å². The van der Waals surface area contributed by atoms with Crippen LogP contribution in [0.3, 0.4) is 0 Å². The highest BCUT2D eigenvalue weighted by molar-refractivity contribution is 5.90. The number of fused-ring (bicyclic) bond motifs is 1. The van der Waals surface area contributed by atoms with Crippen LogP contribution < -0.4 is 9.47 Å². The molecule has 0 amide bonds. The average molecular weight is 439 g/mol. The number of nitrogens with one attached hydrogen (secondary N) is 1. The maximum Gasteiger partial charge on any atom is 0.325 e. The zero-order valence-corrected chi connectivity index (χ0v) is 19.0. The first-order valence-electron chi connectivity index (χ1n) is 10.8. The Morgan fingerprint density at radius 3 is 2.59 bits per heavy atom. The lowest BCUT2D eigenvalue weighted by Crippen LogP contribution is -2.49. The Kier molecular flexibility index (Phi) is 6.34. The largest absolute Gasteiger partial charge is 0.497 e. The van der Waals surface area contributed by atoms with Gasteiger partial charge in [0.1, 0.15) is 17.5 Å². The molecule has 8 nitrogen and oxygen atoms in total. The third-order valence-electron chi connectivity index (χ3n) is 6.34. The minimum Gasteiger partial charge on any atom is -0.497 e. The zero-order valence-electron chi connectivity index (χ0n) is 19.0. The van der Waals surface area contributed by atoms with Crippen molar-refractivity contribution < 1.29 is 19.4 Å². The van der Waals surface area contributed by atoms with Gasteiger partial charge in [0.25, 0.3) is 0 Å². The van der Waals surface area contributed by atoms with Gasteiger partial charge in [-0.3, -0.25) is 19.6 Å². The minimum absolute atomic E-state index is 0.662. The number of aromatic amines is 1. The van der Waals surface area contributed by atoms with E-state index in [1.54, 1.807) is 20.4 Å². The molecule has 1 atom stereocenters. The number of carboxylic acid groups (broad SMARTS) is 1. The fraction of sp³-hybridized carbons (Fsp3) is 0.417. The van der Waals surface area contributed by atoms with Crippen LogP contribution in [0.4, 0.5) is 0 Å².